The first-order chi connectivity index (χ1) is 9.62. The maximum Gasteiger partial charge on any atom is 0.151 e. The van der Waals surface area contributed by atoms with E-state index in [1.165, 1.54) is 38.5 Å². The zero-order chi connectivity index (χ0) is 14.8. The van der Waals surface area contributed by atoms with Crippen molar-refractivity contribution in [1.82, 2.24) is 0 Å². The summed E-state index contributed by atoms with van der Waals surface area (Å²) >= 11 is 0. The molecule has 20 heavy (non-hydrogen) atoms. The lowest BCUT2D eigenvalue weighted by Gasteiger charge is -2.34. The van der Waals surface area contributed by atoms with Gasteiger partial charge in [-0.1, -0.05) is 79.0 Å². The number of hydrogen-bond acceptors (Lipinski definition) is 0. The minimum absolute atomic E-state index is 0.533. The van der Waals surface area contributed by atoms with E-state index in [1.54, 1.807) is 0 Å². The molecule has 0 aromatic rings. The van der Waals surface area contributed by atoms with E-state index in [2.05, 4.69) is 20.8 Å². The molecular weight excluding hydrogens is 266 g/mol. The summed E-state index contributed by atoms with van der Waals surface area (Å²) in [5.41, 5.74) is 0. The van der Waals surface area contributed by atoms with Crippen LogP contribution in [0.3, 0.4) is 0 Å². The molecule has 3 unspecified atom stereocenters. The van der Waals surface area contributed by atoms with Gasteiger partial charge < -0.3 is 0 Å². The highest BCUT2D eigenvalue weighted by Gasteiger charge is 2.36. The highest BCUT2D eigenvalue weighted by Crippen LogP contribution is 2.56. The molecule has 0 N–H and O–H groups in total. The van der Waals surface area contributed by atoms with Crippen molar-refractivity contribution in [3.8, 4) is 0 Å². The zero-order valence-corrected chi connectivity index (χ0v) is 14.5. The summed E-state index contributed by atoms with van der Waals surface area (Å²) in [7, 11) is -0.533. The molecule has 0 aromatic carbocycles. The van der Waals surface area contributed by atoms with Gasteiger partial charge in [-0.05, 0) is 30.7 Å². The molecule has 3 atom stereocenters. The summed E-state index contributed by atoms with van der Waals surface area (Å²) in [5.74, 6) is 0.671. The van der Waals surface area contributed by atoms with E-state index in [9.17, 15) is 0 Å². The molecular formula is C18H32FP. The van der Waals surface area contributed by atoms with Crippen LogP contribution in [0.4, 0.5) is 4.39 Å². The highest BCUT2D eigenvalue weighted by molar-refractivity contribution is 7.59. The van der Waals surface area contributed by atoms with E-state index in [0.29, 0.717) is 12.3 Å². The van der Waals surface area contributed by atoms with E-state index in [4.69, 9.17) is 0 Å². The van der Waals surface area contributed by atoms with Crippen LogP contribution in [0.2, 0.25) is 0 Å². The van der Waals surface area contributed by atoms with Crippen LogP contribution in [0.5, 0.6) is 0 Å². The Hall–Kier alpha value is -0.160. The second-order valence-corrected chi connectivity index (χ2v) is 8.85. The molecule has 0 amide bonds. The normalized spacial score (nSPS) is 24.8. The van der Waals surface area contributed by atoms with E-state index in [-0.39, 0.29) is 0 Å². The van der Waals surface area contributed by atoms with Crippen molar-refractivity contribution in [2.24, 2.45) is 5.92 Å². The van der Waals surface area contributed by atoms with Gasteiger partial charge in [-0.2, -0.15) is 0 Å². The fourth-order valence-corrected chi connectivity index (χ4v) is 5.99. The quantitative estimate of drug-likeness (QED) is 0.312. The third-order valence-corrected chi connectivity index (χ3v) is 7.43. The Morgan fingerprint density at radius 1 is 1.15 bits per heavy atom. The van der Waals surface area contributed by atoms with Crippen LogP contribution in [0.1, 0.15) is 65.7 Å². The van der Waals surface area contributed by atoms with Gasteiger partial charge >= 0.3 is 0 Å². The minimum Gasteiger partial charge on any atom is -0.234 e. The predicted octanol–water partition coefficient (Wildman–Crippen LogP) is 6.67. The average molecular weight is 298 g/mol. The maximum atomic E-state index is 15.2. The number of halogens is 1. The average Bonchev–Trinajstić information content (AvgIpc) is 2.43. The Labute approximate surface area is 126 Å². The van der Waals surface area contributed by atoms with Crippen LogP contribution in [-0.4, -0.2) is 17.7 Å². The molecule has 0 heterocycles. The Morgan fingerprint density at radius 3 is 2.55 bits per heavy atom. The molecule has 116 valence electrons. The maximum absolute atomic E-state index is 15.2. The van der Waals surface area contributed by atoms with Crippen LogP contribution in [0.15, 0.2) is 24.3 Å². The molecule has 0 bridgehead atoms. The Kier molecular flexibility index (Phi) is 8.69. The summed E-state index contributed by atoms with van der Waals surface area (Å²) in [4.78, 5) is 0. The lowest BCUT2D eigenvalue weighted by molar-refractivity contribution is 0.345. The molecule has 0 spiro atoms. The smallest absolute Gasteiger partial charge is 0.151 e. The topological polar surface area (TPSA) is 0 Å². The van der Waals surface area contributed by atoms with Crippen molar-refractivity contribution in [1.29, 1.82) is 0 Å². The molecule has 1 aliphatic carbocycles. The molecule has 0 aliphatic heterocycles. The van der Waals surface area contributed by atoms with Gasteiger partial charge in [-0.15, -0.1) is 0 Å². The molecule has 1 rings (SSSR count). The van der Waals surface area contributed by atoms with Crippen molar-refractivity contribution >= 4 is 7.92 Å². The van der Waals surface area contributed by atoms with Gasteiger partial charge in [-0.25, -0.2) is 4.39 Å². The molecule has 2 heteroatoms. The molecule has 0 nitrogen and oxygen atoms in total. The van der Waals surface area contributed by atoms with Gasteiger partial charge in [-0.3, -0.25) is 0 Å². The zero-order valence-electron chi connectivity index (χ0n) is 13.6. The van der Waals surface area contributed by atoms with Crippen LogP contribution < -0.4 is 0 Å². The largest absolute Gasteiger partial charge is 0.234 e. The van der Waals surface area contributed by atoms with Crippen LogP contribution in [0.25, 0.3) is 0 Å². The minimum atomic E-state index is -1.03. The second kappa shape index (κ2) is 9.72. The molecule has 0 fully saturated rings. The first-order valence-corrected chi connectivity index (χ1v) is 10.1. The summed E-state index contributed by atoms with van der Waals surface area (Å²) in [6.45, 7) is 6.77. The van der Waals surface area contributed by atoms with Crippen molar-refractivity contribution in [3.05, 3.63) is 24.3 Å². The third-order valence-electron chi connectivity index (χ3n) is 4.12. The summed E-state index contributed by atoms with van der Waals surface area (Å²) in [5, 5.41) is -1.03. The monoisotopic (exact) mass is 298 g/mol. The standard InChI is InChI=1S/C18H32FP/c1-4-6-7-11-15-20(16-17(3)12-5-2)18(19)13-9-8-10-14-18/h8-10,13,17H,4-7,11-12,14-16H2,1-3H3. The van der Waals surface area contributed by atoms with Gasteiger partial charge in [0, 0.05) is 6.42 Å². The van der Waals surface area contributed by atoms with Gasteiger partial charge in [0.15, 0.2) is 5.41 Å². The van der Waals surface area contributed by atoms with Gasteiger partial charge in [0.1, 0.15) is 0 Å². The van der Waals surface area contributed by atoms with Crippen molar-refractivity contribution < 1.29 is 4.39 Å². The van der Waals surface area contributed by atoms with Crippen molar-refractivity contribution in [2.75, 3.05) is 12.3 Å². The summed E-state index contributed by atoms with van der Waals surface area (Å²) in [6.07, 6.45) is 18.0. The number of allylic oxidation sites excluding steroid dienone is 4. The number of hydrogen-bond donors (Lipinski definition) is 0. The lowest BCUT2D eigenvalue weighted by atomic mass is 10.1. The highest BCUT2D eigenvalue weighted by atomic mass is 31.1. The molecule has 0 radical (unpaired) electrons. The number of alkyl halides is 1. The molecule has 0 aromatic heterocycles. The Morgan fingerprint density at radius 2 is 1.95 bits per heavy atom. The van der Waals surface area contributed by atoms with Crippen molar-refractivity contribution in [3.63, 3.8) is 0 Å². The summed E-state index contributed by atoms with van der Waals surface area (Å²) in [6, 6.07) is 0. The van der Waals surface area contributed by atoms with Crippen molar-refractivity contribution in [2.45, 2.75) is 71.1 Å². The first kappa shape index (κ1) is 17.9. The van der Waals surface area contributed by atoms with Gasteiger partial charge in [0.2, 0.25) is 0 Å². The van der Waals surface area contributed by atoms with Crippen LogP contribution in [0, 0.1) is 5.92 Å². The number of unbranched alkanes of at least 4 members (excludes halogenated alkanes) is 3. The Bertz CT molecular complexity index is 311. The SMILES string of the molecule is CCCCCCP(CC(C)CCC)C1(F)C=CC=CC1. The molecule has 0 saturated carbocycles. The molecule has 0 saturated heterocycles. The van der Waals surface area contributed by atoms with Crippen LogP contribution in [-0.2, 0) is 0 Å². The summed E-state index contributed by atoms with van der Waals surface area (Å²) < 4.78 is 15.2. The van der Waals surface area contributed by atoms with E-state index >= 15 is 4.39 Å². The van der Waals surface area contributed by atoms with E-state index < -0.39 is 13.3 Å². The fourth-order valence-electron chi connectivity index (χ4n) is 2.94. The Balaban J connectivity index is 2.58. The first-order valence-electron chi connectivity index (χ1n) is 8.40. The van der Waals surface area contributed by atoms with Gasteiger partial charge in [0.05, 0.1) is 0 Å². The fraction of sp³-hybridized carbons (Fsp3) is 0.778. The number of rotatable bonds is 10. The second-order valence-electron chi connectivity index (χ2n) is 6.21. The van der Waals surface area contributed by atoms with E-state index in [0.717, 1.165) is 12.3 Å². The predicted molar refractivity (Wildman–Crippen MR) is 91.6 cm³/mol. The van der Waals surface area contributed by atoms with Crippen LogP contribution >= 0.6 is 7.92 Å². The third kappa shape index (κ3) is 6.08. The molecule has 1 aliphatic rings. The van der Waals surface area contributed by atoms with Gasteiger partial charge in [0.25, 0.3) is 0 Å². The lowest BCUT2D eigenvalue weighted by Crippen LogP contribution is -2.23. The van der Waals surface area contributed by atoms with E-state index in [1.807, 2.05) is 24.3 Å².